The van der Waals surface area contributed by atoms with Crippen molar-refractivity contribution in [3.63, 3.8) is 0 Å². The standard InChI is InChI=1S/C12H20N2O/c1-10(2)8-14(4)9-12-11(7-13-3)5-6-15-12/h5-6,13H,1,7-9H2,2-4H3. The zero-order chi connectivity index (χ0) is 11.3. The van der Waals surface area contributed by atoms with Crippen LogP contribution in [0.5, 0.6) is 0 Å². The number of furan rings is 1. The SMILES string of the molecule is C=C(C)CN(C)Cc1occc1CNC. The molecule has 0 spiro atoms. The maximum Gasteiger partial charge on any atom is 0.122 e. The van der Waals surface area contributed by atoms with Gasteiger partial charge in [0.25, 0.3) is 0 Å². The molecule has 0 radical (unpaired) electrons. The molecule has 84 valence electrons. The van der Waals surface area contributed by atoms with Crippen molar-refractivity contribution in [1.82, 2.24) is 10.2 Å². The van der Waals surface area contributed by atoms with Crippen molar-refractivity contribution in [3.8, 4) is 0 Å². The third-order valence-corrected chi connectivity index (χ3v) is 2.16. The molecule has 0 bridgehead atoms. The number of nitrogens with one attached hydrogen (secondary N) is 1. The predicted molar refractivity (Wildman–Crippen MR) is 62.6 cm³/mol. The van der Waals surface area contributed by atoms with E-state index in [2.05, 4.69) is 23.8 Å². The van der Waals surface area contributed by atoms with E-state index in [9.17, 15) is 0 Å². The van der Waals surface area contributed by atoms with E-state index in [-0.39, 0.29) is 0 Å². The molecule has 0 aromatic carbocycles. The highest BCUT2D eigenvalue weighted by Gasteiger charge is 2.08. The van der Waals surface area contributed by atoms with Crippen LogP contribution in [-0.4, -0.2) is 25.5 Å². The smallest absolute Gasteiger partial charge is 0.122 e. The lowest BCUT2D eigenvalue weighted by molar-refractivity contribution is 0.314. The number of rotatable bonds is 6. The molecular formula is C12H20N2O. The highest BCUT2D eigenvalue weighted by molar-refractivity contribution is 5.16. The van der Waals surface area contributed by atoms with Crippen molar-refractivity contribution in [2.75, 3.05) is 20.6 Å². The summed E-state index contributed by atoms with van der Waals surface area (Å²) in [7, 11) is 4.01. The third-order valence-electron chi connectivity index (χ3n) is 2.16. The van der Waals surface area contributed by atoms with Gasteiger partial charge in [-0.05, 0) is 27.1 Å². The van der Waals surface area contributed by atoms with Crippen LogP contribution >= 0.6 is 0 Å². The Morgan fingerprint density at radius 3 is 2.93 bits per heavy atom. The molecule has 0 saturated heterocycles. The van der Waals surface area contributed by atoms with Crippen molar-refractivity contribution < 1.29 is 4.42 Å². The molecule has 1 heterocycles. The van der Waals surface area contributed by atoms with Crippen molar-refractivity contribution in [2.24, 2.45) is 0 Å². The van der Waals surface area contributed by atoms with Crippen LogP contribution in [0.25, 0.3) is 0 Å². The molecule has 0 aliphatic heterocycles. The largest absolute Gasteiger partial charge is 0.468 e. The second kappa shape index (κ2) is 5.73. The van der Waals surface area contributed by atoms with Gasteiger partial charge in [0.05, 0.1) is 12.8 Å². The molecule has 0 aliphatic rings. The van der Waals surface area contributed by atoms with Crippen molar-refractivity contribution in [1.29, 1.82) is 0 Å². The average molecular weight is 208 g/mol. The minimum absolute atomic E-state index is 0.830. The first-order valence-electron chi connectivity index (χ1n) is 5.16. The van der Waals surface area contributed by atoms with E-state index in [0.717, 1.165) is 25.4 Å². The number of likely N-dealkylation sites (N-methyl/N-ethyl adjacent to an activating group) is 1. The second-order valence-electron chi connectivity index (χ2n) is 4.03. The highest BCUT2D eigenvalue weighted by atomic mass is 16.3. The van der Waals surface area contributed by atoms with Gasteiger partial charge in [-0.25, -0.2) is 0 Å². The summed E-state index contributed by atoms with van der Waals surface area (Å²) >= 11 is 0. The van der Waals surface area contributed by atoms with Gasteiger partial charge in [-0.1, -0.05) is 12.2 Å². The van der Waals surface area contributed by atoms with Gasteiger partial charge in [0.2, 0.25) is 0 Å². The summed E-state index contributed by atoms with van der Waals surface area (Å²) in [6, 6.07) is 2.01. The van der Waals surface area contributed by atoms with Crippen LogP contribution < -0.4 is 5.32 Å². The molecule has 1 N–H and O–H groups in total. The summed E-state index contributed by atoms with van der Waals surface area (Å²) in [4.78, 5) is 2.19. The summed E-state index contributed by atoms with van der Waals surface area (Å²) in [5, 5.41) is 3.13. The summed E-state index contributed by atoms with van der Waals surface area (Å²) < 4.78 is 5.46. The van der Waals surface area contributed by atoms with Gasteiger partial charge in [0.1, 0.15) is 5.76 Å². The molecule has 0 saturated carbocycles. The molecule has 15 heavy (non-hydrogen) atoms. The Hall–Kier alpha value is -1.06. The fourth-order valence-corrected chi connectivity index (χ4v) is 1.62. The summed E-state index contributed by atoms with van der Waals surface area (Å²) in [6.45, 7) is 8.52. The Kier molecular flexibility index (Phi) is 4.59. The van der Waals surface area contributed by atoms with Crippen LogP contribution in [0.1, 0.15) is 18.2 Å². The van der Waals surface area contributed by atoms with Crippen LogP contribution in [0.2, 0.25) is 0 Å². The highest BCUT2D eigenvalue weighted by Crippen LogP contribution is 2.12. The molecule has 0 fully saturated rings. The Morgan fingerprint density at radius 2 is 2.33 bits per heavy atom. The van der Waals surface area contributed by atoms with E-state index < -0.39 is 0 Å². The molecule has 3 heteroatoms. The quantitative estimate of drug-likeness (QED) is 0.725. The Balaban J connectivity index is 2.55. The van der Waals surface area contributed by atoms with Gasteiger partial charge >= 0.3 is 0 Å². The molecule has 0 aliphatic carbocycles. The summed E-state index contributed by atoms with van der Waals surface area (Å²) in [5.74, 6) is 1.04. The van der Waals surface area contributed by atoms with E-state index in [0.29, 0.717) is 0 Å². The zero-order valence-corrected chi connectivity index (χ0v) is 9.84. The topological polar surface area (TPSA) is 28.4 Å². The van der Waals surface area contributed by atoms with Crippen molar-refractivity contribution in [2.45, 2.75) is 20.0 Å². The molecular weight excluding hydrogens is 188 g/mol. The van der Waals surface area contributed by atoms with Gasteiger partial charge in [-0.15, -0.1) is 0 Å². The molecule has 0 amide bonds. The average Bonchev–Trinajstić information content (AvgIpc) is 2.52. The van der Waals surface area contributed by atoms with Crippen molar-refractivity contribution >= 4 is 0 Å². The van der Waals surface area contributed by atoms with Crippen LogP contribution in [0.3, 0.4) is 0 Å². The normalized spacial score (nSPS) is 10.9. The minimum Gasteiger partial charge on any atom is -0.468 e. The first kappa shape index (κ1) is 12.0. The van der Waals surface area contributed by atoms with Gasteiger partial charge in [-0.3, -0.25) is 4.90 Å². The lowest BCUT2D eigenvalue weighted by Crippen LogP contribution is -2.20. The number of hydrogen-bond donors (Lipinski definition) is 1. The number of nitrogens with zero attached hydrogens (tertiary/aromatic N) is 1. The van der Waals surface area contributed by atoms with E-state index in [1.165, 1.54) is 11.1 Å². The molecule has 1 aromatic heterocycles. The van der Waals surface area contributed by atoms with E-state index in [1.807, 2.05) is 20.0 Å². The fraction of sp³-hybridized carbons (Fsp3) is 0.500. The van der Waals surface area contributed by atoms with Crippen LogP contribution in [-0.2, 0) is 13.1 Å². The molecule has 1 aromatic rings. The monoisotopic (exact) mass is 208 g/mol. The first-order valence-corrected chi connectivity index (χ1v) is 5.16. The van der Waals surface area contributed by atoms with Crippen LogP contribution in [0, 0.1) is 0 Å². The molecule has 1 rings (SSSR count). The Morgan fingerprint density at radius 1 is 1.60 bits per heavy atom. The molecule has 0 atom stereocenters. The first-order chi connectivity index (χ1) is 7.13. The maximum atomic E-state index is 5.46. The second-order valence-corrected chi connectivity index (χ2v) is 4.03. The van der Waals surface area contributed by atoms with Gasteiger partial charge in [-0.2, -0.15) is 0 Å². The minimum atomic E-state index is 0.830. The maximum absolute atomic E-state index is 5.46. The predicted octanol–water partition coefficient (Wildman–Crippen LogP) is 2.01. The van der Waals surface area contributed by atoms with Gasteiger partial charge in [0.15, 0.2) is 0 Å². The third kappa shape index (κ3) is 3.90. The zero-order valence-electron chi connectivity index (χ0n) is 9.84. The van der Waals surface area contributed by atoms with E-state index >= 15 is 0 Å². The van der Waals surface area contributed by atoms with Crippen LogP contribution in [0.15, 0.2) is 28.9 Å². The molecule has 3 nitrogen and oxygen atoms in total. The van der Waals surface area contributed by atoms with Crippen molar-refractivity contribution in [3.05, 3.63) is 35.8 Å². The molecule has 0 unspecified atom stereocenters. The van der Waals surface area contributed by atoms with Crippen LogP contribution in [0.4, 0.5) is 0 Å². The lowest BCUT2D eigenvalue weighted by atomic mass is 10.2. The fourth-order valence-electron chi connectivity index (χ4n) is 1.62. The van der Waals surface area contributed by atoms with E-state index in [4.69, 9.17) is 4.42 Å². The Labute approximate surface area is 91.8 Å². The Bertz CT molecular complexity index is 317. The summed E-state index contributed by atoms with van der Waals surface area (Å²) in [6.07, 6.45) is 1.75. The number of hydrogen-bond acceptors (Lipinski definition) is 3. The lowest BCUT2D eigenvalue weighted by Gasteiger charge is -2.15. The van der Waals surface area contributed by atoms with E-state index in [1.54, 1.807) is 6.26 Å². The summed E-state index contributed by atoms with van der Waals surface area (Å²) in [5.41, 5.74) is 2.39. The van der Waals surface area contributed by atoms with Gasteiger partial charge in [0, 0.05) is 18.7 Å². The van der Waals surface area contributed by atoms with Gasteiger partial charge < -0.3 is 9.73 Å².